The monoisotopic (exact) mass is 263 g/mol. The van der Waals surface area contributed by atoms with E-state index in [-0.39, 0.29) is 0 Å². The van der Waals surface area contributed by atoms with Crippen LogP contribution >= 0.6 is 34.8 Å². The lowest BCUT2D eigenvalue weighted by Crippen LogP contribution is -1.93. The van der Waals surface area contributed by atoms with Gasteiger partial charge in [0.1, 0.15) is 0 Å². The van der Waals surface area contributed by atoms with E-state index in [1.807, 2.05) is 24.3 Å². The van der Waals surface area contributed by atoms with Crippen molar-refractivity contribution >= 4 is 46.0 Å². The van der Waals surface area contributed by atoms with Gasteiger partial charge in [-0.2, -0.15) is 0 Å². The Morgan fingerprint density at radius 3 is 2.70 bits per heavy atom. The number of halogens is 1. The predicted octanol–water partition coefficient (Wildman–Crippen LogP) is 2.66. The molecule has 1 aromatic carbocycles. The second-order valence-electron chi connectivity index (χ2n) is 1.74. The summed E-state index contributed by atoms with van der Waals surface area (Å²) in [5.74, 6) is 0. The first kappa shape index (κ1) is 7.94. The molecule has 52 valence electrons. The lowest BCUT2D eigenvalue weighted by atomic mass is 10.3. The van der Waals surface area contributed by atoms with E-state index in [1.54, 1.807) is 0 Å². The van der Waals surface area contributed by atoms with Crippen LogP contribution in [0.25, 0.3) is 0 Å². The normalized spacial score (nSPS) is 8.90. The topological polar surface area (TPSA) is 12.0 Å². The van der Waals surface area contributed by atoms with E-state index in [1.165, 1.54) is 9.06 Å². The van der Waals surface area contributed by atoms with Gasteiger partial charge in [-0.05, 0) is 34.7 Å². The van der Waals surface area contributed by atoms with Crippen LogP contribution < -0.4 is 5.32 Å². The summed E-state index contributed by atoms with van der Waals surface area (Å²) in [7, 11) is 0. The molecular formula is C7H6INS. The van der Waals surface area contributed by atoms with E-state index in [9.17, 15) is 0 Å². The van der Waals surface area contributed by atoms with E-state index in [0.717, 1.165) is 5.69 Å². The highest BCUT2D eigenvalue weighted by atomic mass is 127. The number of hydrogen-bond donors (Lipinski definition) is 1. The van der Waals surface area contributed by atoms with Crippen molar-refractivity contribution < 1.29 is 0 Å². The van der Waals surface area contributed by atoms with Crippen LogP contribution in [-0.4, -0.2) is 5.49 Å². The first-order valence-electron chi connectivity index (χ1n) is 2.79. The highest BCUT2D eigenvalue weighted by Gasteiger charge is 1.92. The summed E-state index contributed by atoms with van der Waals surface area (Å²) < 4.78 is 1.18. The zero-order chi connectivity index (χ0) is 7.40. The van der Waals surface area contributed by atoms with Crippen LogP contribution in [0.1, 0.15) is 0 Å². The number of benzene rings is 1. The van der Waals surface area contributed by atoms with Gasteiger partial charge in [-0.3, -0.25) is 0 Å². The molecule has 0 spiro atoms. The Bertz CT molecular complexity index is 237. The number of nitrogens with one attached hydrogen (secondary N) is 1. The maximum absolute atomic E-state index is 4.65. The molecule has 10 heavy (non-hydrogen) atoms. The van der Waals surface area contributed by atoms with Gasteiger partial charge in [0.25, 0.3) is 0 Å². The second kappa shape index (κ2) is 3.88. The predicted molar refractivity (Wildman–Crippen MR) is 56.4 cm³/mol. The van der Waals surface area contributed by atoms with Crippen LogP contribution in [0.2, 0.25) is 0 Å². The molecule has 0 bridgehead atoms. The summed E-state index contributed by atoms with van der Waals surface area (Å²) in [5, 5.41) is 2.96. The lowest BCUT2D eigenvalue weighted by molar-refractivity contribution is 1.61. The molecule has 0 aliphatic rings. The molecule has 0 aromatic heterocycles. The molecule has 0 unspecified atom stereocenters. The molecule has 1 N–H and O–H groups in total. The van der Waals surface area contributed by atoms with E-state index in [0.29, 0.717) is 0 Å². The van der Waals surface area contributed by atoms with Crippen molar-refractivity contribution in [3.05, 3.63) is 27.8 Å². The molecule has 1 nitrogen and oxygen atoms in total. The van der Waals surface area contributed by atoms with E-state index in [2.05, 4.69) is 40.1 Å². The third-order valence-electron chi connectivity index (χ3n) is 1.09. The molecule has 0 aliphatic heterocycles. The van der Waals surface area contributed by atoms with Gasteiger partial charge in [0.05, 0.1) is 11.2 Å². The Labute approximate surface area is 79.0 Å². The molecule has 0 aliphatic carbocycles. The van der Waals surface area contributed by atoms with Gasteiger partial charge in [0.2, 0.25) is 0 Å². The fraction of sp³-hybridized carbons (Fsp3) is 0. The summed E-state index contributed by atoms with van der Waals surface area (Å²) in [5.41, 5.74) is 2.58. The van der Waals surface area contributed by atoms with Gasteiger partial charge in [-0.15, -0.1) is 0 Å². The molecule has 0 heterocycles. The van der Waals surface area contributed by atoms with Crippen molar-refractivity contribution in [2.24, 2.45) is 0 Å². The SMILES string of the molecule is S=CNc1ccccc1I. The van der Waals surface area contributed by atoms with Crippen molar-refractivity contribution in [2.75, 3.05) is 5.32 Å². The molecule has 0 fully saturated rings. The van der Waals surface area contributed by atoms with Crippen LogP contribution in [-0.2, 0) is 0 Å². The summed E-state index contributed by atoms with van der Waals surface area (Å²) in [6, 6.07) is 7.99. The van der Waals surface area contributed by atoms with Crippen molar-refractivity contribution in [1.29, 1.82) is 0 Å². The molecule has 1 rings (SSSR count). The smallest absolute Gasteiger partial charge is 0.0659 e. The fourth-order valence-corrected chi connectivity index (χ4v) is 1.31. The standard InChI is InChI=1S/C7H6INS/c8-6-3-1-2-4-7(6)9-5-10/h1-5H,(H,9,10). The Morgan fingerprint density at radius 1 is 1.40 bits per heavy atom. The summed E-state index contributed by atoms with van der Waals surface area (Å²) in [4.78, 5) is 0. The van der Waals surface area contributed by atoms with Crippen molar-refractivity contribution in [3.63, 3.8) is 0 Å². The minimum Gasteiger partial charge on any atom is -0.352 e. The number of para-hydroxylation sites is 1. The van der Waals surface area contributed by atoms with Gasteiger partial charge >= 0.3 is 0 Å². The van der Waals surface area contributed by atoms with Crippen LogP contribution in [0.3, 0.4) is 0 Å². The van der Waals surface area contributed by atoms with Crippen LogP contribution in [0.5, 0.6) is 0 Å². The highest BCUT2D eigenvalue weighted by molar-refractivity contribution is 14.1. The van der Waals surface area contributed by atoms with Gasteiger partial charge in [0, 0.05) is 3.57 Å². The van der Waals surface area contributed by atoms with Crippen molar-refractivity contribution in [1.82, 2.24) is 0 Å². The van der Waals surface area contributed by atoms with Crippen LogP contribution in [0.4, 0.5) is 5.69 Å². The van der Waals surface area contributed by atoms with Gasteiger partial charge in [0.15, 0.2) is 0 Å². The van der Waals surface area contributed by atoms with Crippen molar-refractivity contribution in [3.8, 4) is 0 Å². The zero-order valence-electron chi connectivity index (χ0n) is 5.17. The Balaban J connectivity index is 2.91. The molecule has 0 amide bonds. The van der Waals surface area contributed by atoms with E-state index < -0.39 is 0 Å². The second-order valence-corrected chi connectivity index (χ2v) is 3.14. The van der Waals surface area contributed by atoms with Gasteiger partial charge in [-0.25, -0.2) is 0 Å². The number of rotatable bonds is 2. The first-order valence-corrected chi connectivity index (χ1v) is 4.34. The minimum absolute atomic E-state index is 1.07. The Kier molecular flexibility index (Phi) is 3.08. The Morgan fingerprint density at radius 2 is 2.10 bits per heavy atom. The molecular weight excluding hydrogens is 257 g/mol. The zero-order valence-corrected chi connectivity index (χ0v) is 8.15. The largest absolute Gasteiger partial charge is 0.352 e. The lowest BCUT2D eigenvalue weighted by Gasteiger charge is -2.00. The third-order valence-corrected chi connectivity index (χ3v) is 2.15. The summed E-state index contributed by atoms with van der Waals surface area (Å²) >= 11 is 6.91. The fourth-order valence-electron chi connectivity index (χ4n) is 0.642. The number of thiocarbonyl (C=S) groups is 1. The molecule has 0 saturated heterocycles. The van der Waals surface area contributed by atoms with Gasteiger partial charge < -0.3 is 5.32 Å². The number of hydrogen-bond acceptors (Lipinski definition) is 1. The maximum atomic E-state index is 4.65. The van der Waals surface area contributed by atoms with Gasteiger partial charge in [-0.1, -0.05) is 24.4 Å². The quantitative estimate of drug-likeness (QED) is 0.650. The summed E-state index contributed by atoms with van der Waals surface area (Å²) in [6.07, 6.45) is 0. The first-order chi connectivity index (χ1) is 4.84. The highest BCUT2D eigenvalue weighted by Crippen LogP contribution is 2.15. The average molecular weight is 263 g/mol. The number of anilines is 1. The third kappa shape index (κ3) is 1.91. The minimum atomic E-state index is 1.07. The average Bonchev–Trinajstić information content (AvgIpc) is 1.94. The molecule has 0 saturated carbocycles. The molecule has 1 aromatic rings. The molecule has 3 heteroatoms. The molecule has 0 atom stereocenters. The summed E-state index contributed by atoms with van der Waals surface area (Å²) in [6.45, 7) is 0. The van der Waals surface area contributed by atoms with Crippen LogP contribution in [0.15, 0.2) is 24.3 Å². The van der Waals surface area contributed by atoms with Crippen LogP contribution in [0, 0.1) is 3.57 Å². The maximum Gasteiger partial charge on any atom is 0.0659 e. The molecule has 0 radical (unpaired) electrons. The van der Waals surface area contributed by atoms with Crippen molar-refractivity contribution in [2.45, 2.75) is 0 Å². The van der Waals surface area contributed by atoms with E-state index >= 15 is 0 Å². The van der Waals surface area contributed by atoms with E-state index in [4.69, 9.17) is 0 Å². The Hall–Kier alpha value is -0.160.